The quantitative estimate of drug-likeness (QED) is 0.642. The minimum Gasteiger partial charge on any atom is -0.394 e. The summed E-state index contributed by atoms with van der Waals surface area (Å²) in [5, 5.41) is 3.16. The summed E-state index contributed by atoms with van der Waals surface area (Å²) in [5.41, 5.74) is 0.484. The Morgan fingerprint density at radius 2 is 1.69 bits per heavy atom. The predicted octanol–water partition coefficient (Wildman–Crippen LogP) is 1.74. The third-order valence-electron chi connectivity index (χ3n) is 2.27. The molecule has 0 radical (unpaired) electrons. The highest BCUT2D eigenvalue weighted by Gasteiger charge is 2.37. The molecule has 0 saturated carbocycles. The molecular weight excluding hydrogens is 182 g/mol. The van der Waals surface area contributed by atoms with Crippen molar-refractivity contribution in [1.29, 1.82) is 0 Å². The van der Waals surface area contributed by atoms with Gasteiger partial charge in [0.1, 0.15) is 0 Å². The van der Waals surface area contributed by atoms with E-state index >= 15 is 0 Å². The fourth-order valence-corrected chi connectivity index (χ4v) is 3.76. The van der Waals surface area contributed by atoms with Crippen LogP contribution in [0.3, 0.4) is 0 Å². The molecule has 0 heterocycles. The van der Waals surface area contributed by atoms with Gasteiger partial charge in [-0.2, -0.15) is 0 Å². The Balaban J connectivity index is 4.18. The molecule has 0 aromatic heterocycles. The van der Waals surface area contributed by atoms with Crippen LogP contribution in [0.1, 0.15) is 20.8 Å². The lowest BCUT2D eigenvalue weighted by Gasteiger charge is -2.31. The highest BCUT2D eigenvalue weighted by Crippen LogP contribution is 2.22. The van der Waals surface area contributed by atoms with Gasteiger partial charge in [0.05, 0.1) is 0 Å². The topological polar surface area (TPSA) is 30.5 Å². The largest absolute Gasteiger partial charge is 0.394 e. The molecule has 0 aromatic carbocycles. The van der Waals surface area contributed by atoms with Crippen molar-refractivity contribution in [3.63, 3.8) is 0 Å². The summed E-state index contributed by atoms with van der Waals surface area (Å²) in [6.45, 7) is 10.8. The van der Waals surface area contributed by atoms with Crippen molar-refractivity contribution in [3.8, 4) is 0 Å². The van der Waals surface area contributed by atoms with Gasteiger partial charge < -0.3 is 14.2 Å². The van der Waals surface area contributed by atoms with Gasteiger partial charge in [0.15, 0.2) is 0 Å². The summed E-state index contributed by atoms with van der Waals surface area (Å²) in [4.78, 5) is 0. The smallest absolute Gasteiger partial charge is 0.339 e. The van der Waals surface area contributed by atoms with Gasteiger partial charge in [-0.3, -0.25) is 0 Å². The van der Waals surface area contributed by atoms with Gasteiger partial charge in [-0.05, 0) is 34.0 Å². The minimum atomic E-state index is -1.94. The summed E-state index contributed by atoms with van der Waals surface area (Å²) >= 11 is 0. The van der Waals surface area contributed by atoms with E-state index in [-0.39, 0.29) is 0 Å². The summed E-state index contributed by atoms with van der Waals surface area (Å²) in [7, 11) is 0.0252. The minimum absolute atomic E-state index is 0.484. The summed E-state index contributed by atoms with van der Waals surface area (Å²) in [6.07, 6.45) is 0. The maximum absolute atomic E-state index is 5.76. The normalized spacial score (nSPS) is 14.5. The molecule has 0 aliphatic carbocycles. The van der Waals surface area contributed by atoms with Gasteiger partial charge in [0.2, 0.25) is 0 Å². The van der Waals surface area contributed by atoms with Crippen molar-refractivity contribution in [2.45, 2.75) is 32.9 Å². The maximum Gasteiger partial charge on any atom is 0.339 e. The van der Waals surface area contributed by atoms with Crippen molar-refractivity contribution in [2.24, 2.45) is 0 Å². The van der Waals surface area contributed by atoms with Crippen LogP contribution >= 0.6 is 0 Å². The zero-order valence-electron chi connectivity index (χ0n) is 9.52. The molecule has 13 heavy (non-hydrogen) atoms. The average molecular weight is 205 g/mol. The van der Waals surface area contributed by atoms with Crippen LogP contribution in [0.4, 0.5) is 0 Å². The van der Waals surface area contributed by atoms with E-state index < -0.39 is 8.56 Å². The van der Waals surface area contributed by atoms with E-state index in [2.05, 4.69) is 18.8 Å². The molecule has 0 bridgehead atoms. The van der Waals surface area contributed by atoms with E-state index in [4.69, 9.17) is 8.85 Å². The van der Waals surface area contributed by atoms with Crippen LogP contribution < -0.4 is 5.32 Å². The van der Waals surface area contributed by atoms with Gasteiger partial charge in [-0.1, -0.05) is 6.92 Å². The predicted molar refractivity (Wildman–Crippen MR) is 58.2 cm³/mol. The van der Waals surface area contributed by atoms with Gasteiger partial charge in [0, 0.05) is 18.8 Å². The van der Waals surface area contributed by atoms with E-state index in [0.29, 0.717) is 5.54 Å². The summed E-state index contributed by atoms with van der Waals surface area (Å²) < 4.78 is 11.5. The molecule has 0 aromatic rings. The van der Waals surface area contributed by atoms with Crippen molar-refractivity contribution < 1.29 is 8.85 Å². The number of nitrogens with one attached hydrogen (secondary N) is 1. The monoisotopic (exact) mass is 205 g/mol. The molecule has 1 atom stereocenters. The molecule has 0 saturated heterocycles. The summed E-state index contributed by atoms with van der Waals surface area (Å²) in [6, 6.07) is 0. The van der Waals surface area contributed by atoms with Crippen molar-refractivity contribution in [1.82, 2.24) is 5.32 Å². The van der Waals surface area contributed by atoms with Crippen molar-refractivity contribution in [2.75, 3.05) is 26.8 Å². The molecule has 0 spiro atoms. The van der Waals surface area contributed by atoms with Crippen LogP contribution in [-0.2, 0) is 8.85 Å². The lowest BCUT2D eigenvalue weighted by Crippen LogP contribution is -2.45. The third-order valence-corrected chi connectivity index (χ3v) is 5.99. The second kappa shape index (κ2) is 6.54. The third kappa shape index (κ3) is 4.22. The van der Waals surface area contributed by atoms with E-state index in [9.17, 15) is 0 Å². The van der Waals surface area contributed by atoms with Gasteiger partial charge in [0.25, 0.3) is 0 Å². The van der Waals surface area contributed by atoms with Crippen molar-refractivity contribution >= 4 is 8.56 Å². The Hall–Kier alpha value is 0.0969. The first kappa shape index (κ1) is 13.1. The Bertz CT molecular complexity index is 127. The van der Waals surface area contributed by atoms with Crippen LogP contribution in [0.5, 0.6) is 0 Å². The molecule has 4 heteroatoms. The molecule has 1 unspecified atom stereocenters. The second-order valence-corrected chi connectivity index (χ2v) is 6.94. The first-order valence-corrected chi connectivity index (χ1v) is 7.42. The van der Waals surface area contributed by atoms with Crippen LogP contribution in [0, 0.1) is 0 Å². The molecule has 0 fully saturated rings. The van der Waals surface area contributed by atoms with Crippen LogP contribution in [-0.4, -0.2) is 35.4 Å². The molecule has 0 aliphatic rings. The number of hydrogen-bond donors (Lipinski definition) is 1. The van der Waals surface area contributed by atoms with Gasteiger partial charge >= 0.3 is 8.56 Å². The first-order chi connectivity index (χ1) is 6.10. The molecular formula is C9H23NO2Si. The lowest BCUT2D eigenvalue weighted by molar-refractivity contribution is 0.180. The van der Waals surface area contributed by atoms with Crippen molar-refractivity contribution in [3.05, 3.63) is 0 Å². The number of rotatable bonds is 7. The fraction of sp³-hybridized carbons (Fsp3) is 1.00. The molecule has 1 N–H and O–H groups in total. The first-order valence-electron chi connectivity index (χ1n) is 5.03. The Labute approximate surface area is 83.1 Å². The summed E-state index contributed by atoms with van der Waals surface area (Å²) in [5.74, 6) is 0. The Morgan fingerprint density at radius 1 is 1.23 bits per heavy atom. The molecule has 0 aliphatic heterocycles. The van der Waals surface area contributed by atoms with E-state index in [1.807, 2.05) is 20.9 Å². The number of hydrogen-bond acceptors (Lipinski definition) is 3. The SMILES string of the molecule is CCO[Si](C)(OCC)C(C)CNC. The van der Waals surface area contributed by atoms with Crippen LogP contribution in [0.2, 0.25) is 12.1 Å². The van der Waals surface area contributed by atoms with Crippen LogP contribution in [0.15, 0.2) is 0 Å². The van der Waals surface area contributed by atoms with Gasteiger partial charge in [-0.25, -0.2) is 0 Å². The van der Waals surface area contributed by atoms with E-state index in [0.717, 1.165) is 19.8 Å². The maximum atomic E-state index is 5.76. The van der Waals surface area contributed by atoms with E-state index in [1.54, 1.807) is 0 Å². The van der Waals surface area contributed by atoms with Crippen LogP contribution in [0.25, 0.3) is 0 Å². The Kier molecular flexibility index (Phi) is 6.58. The fourth-order valence-electron chi connectivity index (χ4n) is 1.39. The lowest BCUT2D eigenvalue weighted by atomic mass is 10.5. The molecule has 0 amide bonds. The average Bonchev–Trinajstić information content (AvgIpc) is 2.05. The molecule has 3 nitrogen and oxygen atoms in total. The standard InChI is InChI=1S/C9H23NO2Si/c1-6-11-13(5,12-7-2)9(3)8-10-4/h9-10H,6-8H2,1-5H3. The van der Waals surface area contributed by atoms with E-state index in [1.165, 1.54) is 0 Å². The molecule has 0 rings (SSSR count). The highest BCUT2D eigenvalue weighted by atomic mass is 28.4. The van der Waals surface area contributed by atoms with Gasteiger partial charge in [-0.15, -0.1) is 0 Å². The highest BCUT2D eigenvalue weighted by molar-refractivity contribution is 6.67. The zero-order chi connectivity index (χ0) is 10.3. The Morgan fingerprint density at radius 3 is 2.00 bits per heavy atom. The second-order valence-electron chi connectivity index (χ2n) is 3.34. The molecule has 80 valence electrons. The zero-order valence-corrected chi connectivity index (χ0v) is 10.5.